The number of rotatable bonds is 3. The largest absolute Gasteiger partial charge is 0.465 e. The van der Waals surface area contributed by atoms with E-state index in [1.807, 2.05) is 0 Å². The first kappa shape index (κ1) is 12.9. The number of hydrogen-bond acceptors (Lipinski definition) is 5. The molecular formula is C8H9BrN2O4S. The van der Waals surface area contributed by atoms with Gasteiger partial charge >= 0.3 is 5.97 Å². The number of carbonyl (C=O) groups excluding carboxylic acids is 1. The Kier molecular flexibility index (Phi) is 3.87. The summed E-state index contributed by atoms with van der Waals surface area (Å²) in [7, 11) is -2.18. The number of anilines is 1. The lowest BCUT2D eigenvalue weighted by atomic mass is 10.2. The van der Waals surface area contributed by atoms with Crippen LogP contribution in [-0.4, -0.2) is 32.7 Å². The molecule has 0 saturated heterocycles. The number of pyridine rings is 1. The first-order valence-electron chi connectivity index (χ1n) is 4.05. The molecule has 1 N–H and O–H groups in total. The second kappa shape index (κ2) is 4.79. The van der Waals surface area contributed by atoms with Gasteiger partial charge < -0.3 is 4.74 Å². The van der Waals surface area contributed by atoms with Crippen LogP contribution in [0.25, 0.3) is 0 Å². The van der Waals surface area contributed by atoms with Crippen LogP contribution in [0.2, 0.25) is 0 Å². The van der Waals surface area contributed by atoms with Crippen LogP contribution in [0, 0.1) is 0 Å². The van der Waals surface area contributed by atoms with Gasteiger partial charge in [-0.3, -0.25) is 4.72 Å². The highest BCUT2D eigenvalue weighted by Gasteiger charge is 2.13. The summed E-state index contributed by atoms with van der Waals surface area (Å²) < 4.78 is 29.0. The Labute approximate surface area is 101 Å². The number of ether oxygens (including phenoxy) is 1. The minimum atomic E-state index is -3.42. The molecule has 0 aliphatic rings. The van der Waals surface area contributed by atoms with E-state index in [2.05, 4.69) is 30.4 Å². The average Bonchev–Trinajstić information content (AvgIpc) is 2.18. The fraction of sp³-hybridized carbons (Fsp3) is 0.250. The molecule has 0 radical (unpaired) electrons. The van der Waals surface area contributed by atoms with E-state index in [-0.39, 0.29) is 11.4 Å². The quantitative estimate of drug-likeness (QED) is 0.842. The molecule has 0 aliphatic heterocycles. The Morgan fingerprint density at radius 1 is 1.56 bits per heavy atom. The van der Waals surface area contributed by atoms with E-state index in [1.165, 1.54) is 19.4 Å². The molecule has 8 heteroatoms. The number of hydrogen-bond donors (Lipinski definition) is 1. The lowest BCUT2D eigenvalue weighted by molar-refractivity contribution is 0.0599. The van der Waals surface area contributed by atoms with Gasteiger partial charge in [-0.1, -0.05) is 0 Å². The normalized spacial score (nSPS) is 10.9. The predicted octanol–water partition coefficient (Wildman–Crippen LogP) is 1.00. The highest BCUT2D eigenvalue weighted by Crippen LogP contribution is 2.19. The number of aromatic nitrogens is 1. The summed E-state index contributed by atoms with van der Waals surface area (Å²) in [6, 6.07) is 1.29. The van der Waals surface area contributed by atoms with E-state index in [0.717, 1.165) is 6.26 Å². The van der Waals surface area contributed by atoms with Gasteiger partial charge in [-0.2, -0.15) is 0 Å². The lowest BCUT2D eigenvalue weighted by Crippen LogP contribution is -2.12. The van der Waals surface area contributed by atoms with Crippen molar-refractivity contribution in [1.29, 1.82) is 0 Å². The molecule has 88 valence electrons. The molecule has 0 saturated carbocycles. The van der Waals surface area contributed by atoms with Crippen molar-refractivity contribution in [1.82, 2.24) is 4.98 Å². The highest BCUT2D eigenvalue weighted by molar-refractivity contribution is 9.10. The molecular weight excluding hydrogens is 300 g/mol. The van der Waals surface area contributed by atoms with Crippen molar-refractivity contribution in [3.05, 3.63) is 22.3 Å². The van der Waals surface area contributed by atoms with E-state index >= 15 is 0 Å². The second-order valence-electron chi connectivity index (χ2n) is 2.92. The van der Waals surface area contributed by atoms with Gasteiger partial charge in [0.1, 0.15) is 5.82 Å². The molecule has 1 aromatic heterocycles. The fourth-order valence-electron chi connectivity index (χ4n) is 0.951. The van der Waals surface area contributed by atoms with Crippen molar-refractivity contribution < 1.29 is 17.9 Å². The van der Waals surface area contributed by atoms with Crippen molar-refractivity contribution >= 4 is 37.7 Å². The predicted molar refractivity (Wildman–Crippen MR) is 61.7 cm³/mol. The number of sulfonamides is 1. The van der Waals surface area contributed by atoms with Crippen LogP contribution >= 0.6 is 15.9 Å². The van der Waals surface area contributed by atoms with Crippen LogP contribution in [0.1, 0.15) is 10.4 Å². The molecule has 1 heterocycles. The van der Waals surface area contributed by atoms with Crippen molar-refractivity contribution in [3.63, 3.8) is 0 Å². The Bertz CT molecular complexity index is 515. The van der Waals surface area contributed by atoms with E-state index < -0.39 is 16.0 Å². The molecule has 0 amide bonds. The average molecular weight is 309 g/mol. The Balaban J connectivity index is 3.12. The standard InChI is InChI=1S/C8H9BrN2O4S/c1-15-8(12)5-3-7(10-4-6(5)9)11-16(2,13)14/h3-4H,1-2H3,(H,10,11). The monoisotopic (exact) mass is 308 g/mol. The van der Waals surface area contributed by atoms with Gasteiger partial charge in [0.05, 0.1) is 23.4 Å². The molecule has 0 bridgehead atoms. The molecule has 1 rings (SSSR count). The maximum atomic E-state index is 11.3. The van der Waals surface area contributed by atoms with E-state index in [4.69, 9.17) is 0 Å². The van der Waals surface area contributed by atoms with Gasteiger partial charge in [-0.05, 0) is 22.0 Å². The molecule has 0 aliphatic carbocycles. The minimum absolute atomic E-state index is 0.0612. The number of methoxy groups -OCH3 is 1. The number of esters is 1. The van der Waals surface area contributed by atoms with E-state index in [1.54, 1.807) is 0 Å². The van der Waals surface area contributed by atoms with Crippen molar-refractivity contribution in [2.75, 3.05) is 18.1 Å². The number of nitrogens with zero attached hydrogens (tertiary/aromatic N) is 1. The summed E-state index contributed by atoms with van der Waals surface area (Å²) in [6.45, 7) is 0. The number of halogens is 1. The zero-order valence-corrected chi connectivity index (χ0v) is 10.9. The summed E-state index contributed by atoms with van der Waals surface area (Å²) in [6.07, 6.45) is 2.31. The topological polar surface area (TPSA) is 85.4 Å². The third kappa shape index (κ3) is 3.46. The van der Waals surface area contributed by atoms with E-state index in [0.29, 0.717) is 4.47 Å². The Hall–Kier alpha value is -1.15. The zero-order chi connectivity index (χ0) is 12.3. The molecule has 1 aromatic rings. The highest BCUT2D eigenvalue weighted by atomic mass is 79.9. The van der Waals surface area contributed by atoms with Crippen molar-refractivity contribution in [2.45, 2.75) is 0 Å². The first-order valence-corrected chi connectivity index (χ1v) is 6.73. The van der Waals surface area contributed by atoms with Crippen molar-refractivity contribution in [2.24, 2.45) is 0 Å². The van der Waals surface area contributed by atoms with Crippen molar-refractivity contribution in [3.8, 4) is 0 Å². The van der Waals surface area contributed by atoms with Crippen LogP contribution in [0.15, 0.2) is 16.7 Å². The Morgan fingerprint density at radius 2 is 2.19 bits per heavy atom. The van der Waals surface area contributed by atoms with Crippen LogP contribution in [0.3, 0.4) is 0 Å². The summed E-state index contributed by atoms with van der Waals surface area (Å²) in [4.78, 5) is 15.1. The maximum absolute atomic E-state index is 11.3. The fourth-order valence-corrected chi connectivity index (χ4v) is 1.82. The molecule has 0 aromatic carbocycles. The summed E-state index contributed by atoms with van der Waals surface area (Å²) >= 11 is 3.11. The van der Waals surface area contributed by atoms with Gasteiger partial charge in [-0.15, -0.1) is 0 Å². The smallest absolute Gasteiger partial charge is 0.339 e. The molecule has 0 atom stereocenters. The first-order chi connectivity index (χ1) is 7.33. The van der Waals surface area contributed by atoms with Gasteiger partial charge in [0, 0.05) is 6.20 Å². The third-order valence-electron chi connectivity index (χ3n) is 1.55. The number of carbonyl (C=O) groups is 1. The van der Waals surface area contributed by atoms with Gasteiger partial charge in [0.2, 0.25) is 10.0 Å². The van der Waals surface area contributed by atoms with Gasteiger partial charge in [-0.25, -0.2) is 18.2 Å². The SMILES string of the molecule is COC(=O)c1cc(NS(C)(=O)=O)ncc1Br. The Morgan fingerprint density at radius 3 is 2.69 bits per heavy atom. The van der Waals surface area contributed by atoms with Gasteiger partial charge in [0.15, 0.2) is 0 Å². The van der Waals surface area contributed by atoms with E-state index in [9.17, 15) is 13.2 Å². The molecule has 6 nitrogen and oxygen atoms in total. The summed E-state index contributed by atoms with van der Waals surface area (Å²) in [5.74, 6) is -0.517. The van der Waals surface area contributed by atoms with Crippen LogP contribution in [0.4, 0.5) is 5.82 Å². The maximum Gasteiger partial charge on any atom is 0.339 e. The third-order valence-corrected chi connectivity index (χ3v) is 2.76. The number of nitrogens with one attached hydrogen (secondary N) is 1. The zero-order valence-electron chi connectivity index (χ0n) is 8.52. The summed E-state index contributed by atoms with van der Waals surface area (Å²) in [5, 5.41) is 0. The van der Waals surface area contributed by atoms with Crippen LogP contribution in [-0.2, 0) is 14.8 Å². The van der Waals surface area contributed by atoms with Gasteiger partial charge in [0.25, 0.3) is 0 Å². The van der Waals surface area contributed by atoms with Crippen LogP contribution < -0.4 is 4.72 Å². The molecule has 0 spiro atoms. The molecule has 0 unspecified atom stereocenters. The lowest BCUT2D eigenvalue weighted by Gasteiger charge is -2.06. The molecule has 16 heavy (non-hydrogen) atoms. The summed E-state index contributed by atoms with van der Waals surface area (Å²) in [5.41, 5.74) is 0.198. The minimum Gasteiger partial charge on any atom is -0.465 e. The molecule has 0 fully saturated rings. The second-order valence-corrected chi connectivity index (χ2v) is 5.52. The van der Waals surface area contributed by atoms with Crippen LogP contribution in [0.5, 0.6) is 0 Å².